The van der Waals surface area contributed by atoms with E-state index < -0.39 is 5.41 Å². The van der Waals surface area contributed by atoms with Crippen LogP contribution in [-0.2, 0) is 16.1 Å². The molecule has 1 N–H and O–H groups in total. The number of carbonyl (C=O) groups excluding carboxylic acids is 2. The van der Waals surface area contributed by atoms with Crippen molar-refractivity contribution in [2.75, 3.05) is 37.5 Å². The summed E-state index contributed by atoms with van der Waals surface area (Å²) in [6, 6.07) is 9.04. The summed E-state index contributed by atoms with van der Waals surface area (Å²) in [5.41, 5.74) is 2.11. The minimum atomic E-state index is -0.498. The lowest BCUT2D eigenvalue weighted by atomic mass is 9.94. The van der Waals surface area contributed by atoms with Crippen LogP contribution in [0.15, 0.2) is 41.0 Å². The molecule has 0 radical (unpaired) electrons. The number of rotatable bonds is 7. The zero-order valence-corrected chi connectivity index (χ0v) is 19.1. The van der Waals surface area contributed by atoms with Gasteiger partial charge in [-0.3, -0.25) is 9.59 Å². The fourth-order valence-corrected chi connectivity index (χ4v) is 3.76. The van der Waals surface area contributed by atoms with Gasteiger partial charge in [0.05, 0.1) is 12.4 Å². The predicted molar refractivity (Wildman–Crippen MR) is 121 cm³/mol. The molecule has 7 nitrogen and oxygen atoms in total. The monoisotopic (exact) mass is 427 g/mol. The van der Waals surface area contributed by atoms with E-state index in [4.69, 9.17) is 9.15 Å². The first-order valence-corrected chi connectivity index (χ1v) is 10.7. The number of amides is 2. The average molecular weight is 428 g/mol. The van der Waals surface area contributed by atoms with Crippen LogP contribution in [0.4, 0.5) is 11.4 Å². The number of benzene rings is 1. The minimum absolute atomic E-state index is 0.0657. The summed E-state index contributed by atoms with van der Waals surface area (Å²) in [5, 5.41) is 2.88. The molecule has 1 saturated heterocycles. The maximum Gasteiger partial charge on any atom is 0.291 e. The lowest BCUT2D eigenvalue weighted by molar-refractivity contribution is -0.141. The van der Waals surface area contributed by atoms with E-state index in [0.29, 0.717) is 18.8 Å². The molecule has 7 heteroatoms. The van der Waals surface area contributed by atoms with Gasteiger partial charge in [0, 0.05) is 50.6 Å². The Morgan fingerprint density at radius 2 is 1.97 bits per heavy atom. The molecule has 0 aliphatic carbocycles. The fourth-order valence-electron chi connectivity index (χ4n) is 3.76. The summed E-state index contributed by atoms with van der Waals surface area (Å²) in [4.78, 5) is 29.5. The van der Waals surface area contributed by atoms with Crippen molar-refractivity contribution in [2.45, 2.75) is 46.3 Å². The quantitative estimate of drug-likeness (QED) is 0.718. The molecule has 3 rings (SSSR count). The summed E-state index contributed by atoms with van der Waals surface area (Å²) in [6.45, 7) is 7.56. The molecule has 1 aliphatic heterocycles. The zero-order chi connectivity index (χ0) is 22.6. The number of carbonyl (C=O) groups is 2. The van der Waals surface area contributed by atoms with E-state index in [9.17, 15) is 9.59 Å². The second-order valence-electron chi connectivity index (χ2n) is 9.24. The van der Waals surface area contributed by atoms with Gasteiger partial charge < -0.3 is 24.3 Å². The highest BCUT2D eigenvalue weighted by molar-refractivity contribution is 6.02. The average Bonchev–Trinajstić information content (AvgIpc) is 3.40. The van der Waals surface area contributed by atoms with Crippen LogP contribution in [-0.4, -0.2) is 50.1 Å². The molecular weight excluding hydrogens is 394 g/mol. The van der Waals surface area contributed by atoms with Gasteiger partial charge in [0.1, 0.15) is 0 Å². The Morgan fingerprint density at radius 3 is 2.55 bits per heavy atom. The van der Waals surface area contributed by atoms with Crippen LogP contribution in [0.1, 0.15) is 49.7 Å². The molecule has 1 aliphatic rings. The van der Waals surface area contributed by atoms with E-state index >= 15 is 0 Å². The van der Waals surface area contributed by atoms with Crippen LogP contribution in [0.3, 0.4) is 0 Å². The first-order chi connectivity index (χ1) is 14.6. The van der Waals surface area contributed by atoms with Crippen molar-refractivity contribution in [3.63, 3.8) is 0 Å². The molecule has 0 bridgehead atoms. The molecule has 2 amide bonds. The van der Waals surface area contributed by atoms with Crippen LogP contribution in [0.2, 0.25) is 0 Å². The van der Waals surface area contributed by atoms with E-state index in [1.54, 1.807) is 12.1 Å². The summed E-state index contributed by atoms with van der Waals surface area (Å²) >= 11 is 0. The number of anilines is 2. The molecule has 1 unspecified atom stereocenters. The van der Waals surface area contributed by atoms with Crippen molar-refractivity contribution in [3.8, 4) is 0 Å². The predicted octanol–water partition coefficient (Wildman–Crippen LogP) is 4.15. The van der Waals surface area contributed by atoms with Gasteiger partial charge in [-0.2, -0.15) is 0 Å². The maximum atomic E-state index is 13.2. The van der Waals surface area contributed by atoms with E-state index in [0.717, 1.165) is 30.7 Å². The smallest absolute Gasteiger partial charge is 0.291 e. The second kappa shape index (κ2) is 9.56. The number of hydrogen-bond donors (Lipinski definition) is 1. The Bertz CT molecular complexity index is 894. The molecule has 2 aromatic rings. The van der Waals surface area contributed by atoms with Gasteiger partial charge in [-0.15, -0.1) is 0 Å². The molecule has 0 spiro atoms. The molecule has 2 heterocycles. The van der Waals surface area contributed by atoms with Crippen molar-refractivity contribution in [1.29, 1.82) is 0 Å². The van der Waals surface area contributed by atoms with Gasteiger partial charge >= 0.3 is 0 Å². The van der Waals surface area contributed by atoms with Crippen molar-refractivity contribution >= 4 is 23.2 Å². The van der Waals surface area contributed by atoms with Crippen LogP contribution >= 0.6 is 0 Å². The van der Waals surface area contributed by atoms with Crippen molar-refractivity contribution < 1.29 is 18.7 Å². The van der Waals surface area contributed by atoms with Crippen molar-refractivity contribution in [3.05, 3.63) is 47.9 Å². The zero-order valence-electron chi connectivity index (χ0n) is 19.1. The third-order valence-electron chi connectivity index (χ3n) is 5.30. The third-order valence-corrected chi connectivity index (χ3v) is 5.30. The molecule has 1 aromatic carbocycles. The van der Waals surface area contributed by atoms with E-state index in [1.165, 1.54) is 6.26 Å². The summed E-state index contributed by atoms with van der Waals surface area (Å²) < 4.78 is 11.0. The molecule has 1 aromatic heterocycles. The third kappa shape index (κ3) is 5.88. The van der Waals surface area contributed by atoms with Gasteiger partial charge in [0.15, 0.2) is 5.76 Å². The highest BCUT2D eigenvalue weighted by Gasteiger charge is 2.31. The largest absolute Gasteiger partial charge is 0.459 e. The van der Waals surface area contributed by atoms with Crippen LogP contribution in [0.5, 0.6) is 0 Å². The highest BCUT2D eigenvalue weighted by atomic mass is 16.5. The Kier molecular flexibility index (Phi) is 7.05. The number of nitrogens with zero attached hydrogens (tertiary/aromatic N) is 2. The lowest BCUT2D eigenvalue weighted by Crippen LogP contribution is -2.43. The minimum Gasteiger partial charge on any atom is -0.459 e. The maximum absolute atomic E-state index is 13.2. The van der Waals surface area contributed by atoms with Crippen molar-refractivity contribution in [1.82, 2.24) is 4.90 Å². The molecule has 0 saturated carbocycles. The van der Waals surface area contributed by atoms with Crippen LogP contribution in [0.25, 0.3) is 0 Å². The van der Waals surface area contributed by atoms with Gasteiger partial charge in [0.2, 0.25) is 5.91 Å². The first kappa shape index (κ1) is 22.9. The lowest BCUT2D eigenvalue weighted by Gasteiger charge is -2.32. The molecular formula is C24H33N3O4. The van der Waals surface area contributed by atoms with Gasteiger partial charge in [-0.25, -0.2) is 0 Å². The Labute approximate surface area is 184 Å². The number of furan rings is 1. The highest BCUT2D eigenvalue weighted by Crippen LogP contribution is 2.28. The SMILES string of the molecule is CN(C)c1ccc(NC(=O)c2ccco2)cc1CN(CC1CCCO1)C(=O)C(C)(C)C. The van der Waals surface area contributed by atoms with Crippen LogP contribution < -0.4 is 10.2 Å². The Morgan fingerprint density at radius 1 is 1.19 bits per heavy atom. The number of hydrogen-bond acceptors (Lipinski definition) is 5. The number of ether oxygens (including phenoxy) is 1. The first-order valence-electron chi connectivity index (χ1n) is 10.7. The van der Waals surface area contributed by atoms with Crippen LogP contribution in [0, 0.1) is 5.41 Å². The summed E-state index contributed by atoms with van der Waals surface area (Å²) in [7, 11) is 3.94. The molecule has 1 fully saturated rings. The molecule has 1 atom stereocenters. The van der Waals surface area contributed by atoms with Crippen molar-refractivity contribution in [2.24, 2.45) is 5.41 Å². The Hall–Kier alpha value is -2.80. The van der Waals surface area contributed by atoms with Gasteiger partial charge in [-0.1, -0.05) is 20.8 Å². The fraction of sp³-hybridized carbons (Fsp3) is 0.500. The normalized spacial score (nSPS) is 16.2. The standard InChI is InChI=1S/C24H33N3O4/c1-24(2,3)23(29)27(16-19-8-6-12-30-19)15-17-14-18(10-11-20(17)26(4)5)25-22(28)21-9-7-13-31-21/h7,9-11,13-14,19H,6,8,12,15-16H2,1-5H3,(H,25,28). The summed E-state index contributed by atoms with van der Waals surface area (Å²) in [6.07, 6.45) is 3.53. The van der Waals surface area contributed by atoms with E-state index in [-0.39, 0.29) is 23.7 Å². The topological polar surface area (TPSA) is 75.0 Å². The van der Waals surface area contributed by atoms with Gasteiger partial charge in [-0.05, 0) is 48.7 Å². The number of nitrogens with one attached hydrogen (secondary N) is 1. The molecule has 31 heavy (non-hydrogen) atoms. The summed E-state index contributed by atoms with van der Waals surface area (Å²) in [5.74, 6) is 0.0226. The van der Waals surface area contributed by atoms with E-state index in [2.05, 4.69) is 5.32 Å². The second-order valence-corrected chi connectivity index (χ2v) is 9.24. The van der Waals surface area contributed by atoms with E-state index in [1.807, 2.05) is 62.9 Å². The molecule has 168 valence electrons. The van der Waals surface area contributed by atoms with Gasteiger partial charge in [0.25, 0.3) is 5.91 Å². The Balaban J connectivity index is 1.87.